The summed E-state index contributed by atoms with van der Waals surface area (Å²) in [6.07, 6.45) is 6.02. The second-order valence-corrected chi connectivity index (χ2v) is 10.3. The Balaban J connectivity index is 1.50. The van der Waals surface area contributed by atoms with Crippen LogP contribution in [0.2, 0.25) is 0 Å². The minimum Gasteiger partial charge on any atom is -0.494 e. The van der Waals surface area contributed by atoms with Crippen molar-refractivity contribution >= 4 is 11.8 Å². The van der Waals surface area contributed by atoms with Crippen molar-refractivity contribution < 1.29 is 18.7 Å². The van der Waals surface area contributed by atoms with E-state index in [1.54, 1.807) is 11.2 Å². The molecule has 7 heteroatoms. The Morgan fingerprint density at radius 1 is 1.11 bits per heavy atom. The molecule has 1 N–H and O–H groups in total. The van der Waals surface area contributed by atoms with Crippen molar-refractivity contribution in [2.45, 2.75) is 71.1 Å². The number of ether oxygens (including phenoxy) is 1. The van der Waals surface area contributed by atoms with Gasteiger partial charge in [-0.05, 0) is 74.6 Å². The van der Waals surface area contributed by atoms with Crippen LogP contribution in [0.25, 0.3) is 11.5 Å². The maximum absolute atomic E-state index is 14.0. The Bertz CT molecular complexity index is 1210. The summed E-state index contributed by atoms with van der Waals surface area (Å²) in [4.78, 5) is 29.6. The molecule has 7 nitrogen and oxygen atoms in total. The van der Waals surface area contributed by atoms with Crippen LogP contribution in [0.15, 0.2) is 59.2 Å². The number of rotatable bonds is 7. The minimum absolute atomic E-state index is 0.106. The number of fused-ring (bicyclic) bond motifs is 1. The van der Waals surface area contributed by atoms with Crippen LogP contribution in [0, 0.1) is 5.92 Å². The summed E-state index contributed by atoms with van der Waals surface area (Å²) in [7, 11) is 0. The molecule has 0 saturated heterocycles. The zero-order valence-corrected chi connectivity index (χ0v) is 21.3. The van der Waals surface area contributed by atoms with Crippen molar-refractivity contribution in [3.63, 3.8) is 0 Å². The number of aromatic nitrogens is 1. The zero-order valence-electron chi connectivity index (χ0n) is 21.3. The number of furan rings is 1. The quantitative estimate of drug-likeness (QED) is 0.491. The van der Waals surface area contributed by atoms with E-state index in [-0.39, 0.29) is 17.9 Å². The highest BCUT2D eigenvalue weighted by Gasteiger charge is 2.48. The highest BCUT2D eigenvalue weighted by atomic mass is 16.5. The smallest absolute Gasteiger partial charge is 0.271 e. The molecule has 2 aliphatic rings. The lowest BCUT2D eigenvalue weighted by atomic mass is 9.85. The maximum Gasteiger partial charge on any atom is 0.271 e. The Hall–Kier alpha value is -3.48. The van der Waals surface area contributed by atoms with Crippen LogP contribution in [0.5, 0.6) is 5.75 Å². The number of amides is 2. The molecule has 3 atom stereocenters. The molecule has 1 aromatic carbocycles. The van der Waals surface area contributed by atoms with Gasteiger partial charge in [0.25, 0.3) is 5.91 Å². The highest BCUT2D eigenvalue weighted by Crippen LogP contribution is 2.35. The monoisotopic (exact) mass is 489 g/mol. The van der Waals surface area contributed by atoms with E-state index in [1.165, 1.54) is 6.42 Å². The normalized spacial score (nSPS) is 23.9. The van der Waals surface area contributed by atoms with Crippen LogP contribution in [0.4, 0.5) is 0 Å². The van der Waals surface area contributed by atoms with Crippen molar-refractivity contribution in [3.05, 3.63) is 66.1 Å². The van der Waals surface area contributed by atoms with Gasteiger partial charge in [0, 0.05) is 12.6 Å². The third-order valence-corrected chi connectivity index (χ3v) is 7.77. The second kappa shape index (κ2) is 9.88. The van der Waals surface area contributed by atoms with Gasteiger partial charge < -0.3 is 23.9 Å². The number of carbonyl (C=O) groups is 2. The molecule has 0 radical (unpaired) electrons. The molecular formula is C29H35N3O4. The molecule has 0 bridgehead atoms. The average Bonchev–Trinajstić information content (AvgIpc) is 3.54. The van der Waals surface area contributed by atoms with Gasteiger partial charge >= 0.3 is 0 Å². The molecule has 1 saturated carbocycles. The molecule has 190 valence electrons. The SMILES string of the molecule is CCOc1ccc(CN2C(=O)c3ccc(-c4ccco4)n3CC2(C)C(=O)NC2CCCCC2C)cc1. The fourth-order valence-corrected chi connectivity index (χ4v) is 5.56. The number of hydrogen-bond donors (Lipinski definition) is 1. The molecule has 1 aliphatic carbocycles. The average molecular weight is 490 g/mol. The number of carbonyl (C=O) groups excluding carboxylic acids is 2. The molecule has 0 spiro atoms. The summed E-state index contributed by atoms with van der Waals surface area (Å²) in [5, 5.41) is 3.33. The topological polar surface area (TPSA) is 76.7 Å². The number of nitrogens with one attached hydrogen (secondary N) is 1. The molecule has 1 fully saturated rings. The second-order valence-electron chi connectivity index (χ2n) is 10.3. The van der Waals surface area contributed by atoms with E-state index in [9.17, 15) is 9.59 Å². The fraction of sp³-hybridized carbons (Fsp3) is 0.448. The first-order valence-electron chi connectivity index (χ1n) is 13.0. The molecule has 5 rings (SSSR count). The molecule has 2 amide bonds. The van der Waals surface area contributed by atoms with Crippen LogP contribution < -0.4 is 10.1 Å². The van der Waals surface area contributed by atoms with E-state index >= 15 is 0 Å². The van der Waals surface area contributed by atoms with Gasteiger partial charge in [-0.2, -0.15) is 0 Å². The molecular weight excluding hydrogens is 454 g/mol. The molecule has 36 heavy (non-hydrogen) atoms. The Morgan fingerprint density at radius 2 is 1.86 bits per heavy atom. The molecule has 3 aromatic rings. The largest absolute Gasteiger partial charge is 0.494 e. The van der Waals surface area contributed by atoms with Crippen molar-refractivity contribution in [2.75, 3.05) is 6.61 Å². The highest BCUT2D eigenvalue weighted by molar-refractivity contribution is 6.00. The van der Waals surface area contributed by atoms with E-state index in [2.05, 4.69) is 12.2 Å². The Labute approximate surface area is 212 Å². The van der Waals surface area contributed by atoms with Gasteiger partial charge in [-0.3, -0.25) is 9.59 Å². The van der Waals surface area contributed by atoms with Crippen LogP contribution in [-0.4, -0.2) is 39.5 Å². The number of hydrogen-bond acceptors (Lipinski definition) is 4. The van der Waals surface area contributed by atoms with Crippen LogP contribution in [-0.2, 0) is 17.9 Å². The summed E-state index contributed by atoms with van der Waals surface area (Å²) in [6, 6.07) is 15.3. The first-order chi connectivity index (χ1) is 17.4. The van der Waals surface area contributed by atoms with Gasteiger partial charge in [-0.15, -0.1) is 0 Å². The van der Waals surface area contributed by atoms with E-state index in [4.69, 9.17) is 9.15 Å². The third-order valence-electron chi connectivity index (χ3n) is 7.77. The molecule has 2 aromatic heterocycles. The maximum atomic E-state index is 14.0. The van der Waals surface area contributed by atoms with Crippen molar-refractivity contribution in [1.29, 1.82) is 0 Å². The van der Waals surface area contributed by atoms with Crippen molar-refractivity contribution in [2.24, 2.45) is 5.92 Å². The van der Waals surface area contributed by atoms with E-state index < -0.39 is 5.54 Å². The van der Waals surface area contributed by atoms with Crippen molar-refractivity contribution in [3.8, 4) is 17.2 Å². The third kappa shape index (κ3) is 4.43. The first-order valence-corrected chi connectivity index (χ1v) is 13.0. The van der Waals surface area contributed by atoms with Gasteiger partial charge in [0.15, 0.2) is 0 Å². The number of nitrogens with zero attached hydrogens (tertiary/aromatic N) is 2. The molecule has 1 aliphatic heterocycles. The molecule has 3 unspecified atom stereocenters. The van der Waals surface area contributed by atoms with Gasteiger partial charge in [0.05, 0.1) is 25.1 Å². The van der Waals surface area contributed by atoms with E-state index in [0.717, 1.165) is 36.3 Å². The lowest BCUT2D eigenvalue weighted by Gasteiger charge is -2.45. The van der Waals surface area contributed by atoms with Crippen LogP contribution in [0.1, 0.15) is 62.5 Å². The van der Waals surface area contributed by atoms with Crippen molar-refractivity contribution in [1.82, 2.24) is 14.8 Å². The van der Waals surface area contributed by atoms with Gasteiger partial charge in [-0.25, -0.2) is 0 Å². The predicted molar refractivity (Wildman–Crippen MR) is 138 cm³/mol. The minimum atomic E-state index is -1.07. The Morgan fingerprint density at radius 3 is 2.56 bits per heavy atom. The summed E-state index contributed by atoms with van der Waals surface area (Å²) in [5.41, 5.74) is 1.24. The summed E-state index contributed by atoms with van der Waals surface area (Å²) < 4.78 is 13.1. The van der Waals surface area contributed by atoms with E-state index in [1.807, 2.05) is 66.9 Å². The predicted octanol–water partition coefficient (Wildman–Crippen LogP) is 5.26. The van der Waals surface area contributed by atoms with Gasteiger partial charge in [0.2, 0.25) is 5.91 Å². The van der Waals surface area contributed by atoms with Gasteiger partial charge in [0.1, 0.15) is 22.7 Å². The Kier molecular flexibility index (Phi) is 6.65. The van der Waals surface area contributed by atoms with E-state index in [0.29, 0.717) is 37.1 Å². The lowest BCUT2D eigenvalue weighted by molar-refractivity contribution is -0.134. The summed E-state index contributed by atoms with van der Waals surface area (Å²) in [5.74, 6) is 1.62. The zero-order chi connectivity index (χ0) is 25.3. The number of benzene rings is 1. The lowest BCUT2D eigenvalue weighted by Crippen LogP contribution is -2.65. The summed E-state index contributed by atoms with van der Waals surface area (Å²) >= 11 is 0. The van der Waals surface area contributed by atoms with Gasteiger partial charge in [-0.1, -0.05) is 31.9 Å². The van der Waals surface area contributed by atoms with Crippen LogP contribution in [0.3, 0.4) is 0 Å². The standard InChI is InChI=1S/C29H35N3O4/c1-4-35-22-13-11-21(12-14-22)18-32-27(33)25-16-15-24(26-10-7-17-36-26)31(25)19-29(32,3)28(34)30-23-9-6-5-8-20(23)2/h7,10-17,20,23H,4-6,8-9,18-19H2,1-3H3,(H,30,34). The fourth-order valence-electron chi connectivity index (χ4n) is 5.56. The summed E-state index contributed by atoms with van der Waals surface area (Å²) in [6.45, 7) is 7.31. The van der Waals surface area contributed by atoms with Crippen LogP contribution >= 0.6 is 0 Å². The molecule has 3 heterocycles. The first kappa shape index (κ1) is 24.2.